The molecule has 1 heterocycles. The zero-order valence-corrected chi connectivity index (χ0v) is 13.8. The van der Waals surface area contributed by atoms with Crippen LogP contribution >= 0.6 is 11.8 Å². The van der Waals surface area contributed by atoms with Gasteiger partial charge in [0.25, 0.3) is 0 Å². The highest BCUT2D eigenvalue weighted by Gasteiger charge is 2.14. The first-order valence-corrected chi connectivity index (χ1v) is 8.15. The molecule has 112 valence electrons. The summed E-state index contributed by atoms with van der Waals surface area (Å²) in [5, 5.41) is 3.09. The number of nitrogens with one attached hydrogen (secondary N) is 1. The first-order valence-electron chi connectivity index (χ1n) is 7.33. The second kappa shape index (κ2) is 5.65. The third-order valence-electron chi connectivity index (χ3n) is 3.77. The second-order valence-corrected chi connectivity index (χ2v) is 7.49. The predicted molar refractivity (Wildman–Crippen MR) is 93.0 cm³/mol. The molecule has 0 aliphatic carbocycles. The molecule has 22 heavy (non-hydrogen) atoms. The van der Waals surface area contributed by atoms with Crippen molar-refractivity contribution >= 4 is 28.8 Å². The number of aromatic amines is 1. The van der Waals surface area contributed by atoms with Gasteiger partial charge in [0.1, 0.15) is 0 Å². The Bertz CT molecular complexity index is 810. The summed E-state index contributed by atoms with van der Waals surface area (Å²) in [5.74, 6) is 0. The number of aldehydes is 1. The van der Waals surface area contributed by atoms with Gasteiger partial charge in [0.05, 0.1) is 10.7 Å². The average molecular weight is 309 g/mol. The summed E-state index contributed by atoms with van der Waals surface area (Å²) in [4.78, 5) is 15.6. The fourth-order valence-corrected chi connectivity index (χ4v) is 3.44. The third kappa shape index (κ3) is 2.81. The number of rotatable bonds is 3. The van der Waals surface area contributed by atoms with Crippen LogP contribution in [0.5, 0.6) is 0 Å². The Balaban J connectivity index is 1.95. The van der Waals surface area contributed by atoms with Gasteiger partial charge in [-0.2, -0.15) is 0 Å². The minimum Gasteiger partial charge on any atom is -0.346 e. The summed E-state index contributed by atoms with van der Waals surface area (Å²) in [6.07, 6.45) is 0.884. The van der Waals surface area contributed by atoms with Gasteiger partial charge in [-0.15, -0.1) is 0 Å². The van der Waals surface area contributed by atoms with Crippen LogP contribution < -0.4 is 0 Å². The summed E-state index contributed by atoms with van der Waals surface area (Å²) < 4.78 is 0. The molecule has 3 heteroatoms. The SMILES string of the molecule is CC(C)(C)c1ccc(Sc2[nH]c(C=O)c3ccccc23)cc1. The lowest BCUT2D eigenvalue weighted by Crippen LogP contribution is -2.10. The Hall–Kier alpha value is -2.00. The smallest absolute Gasteiger partial charge is 0.166 e. The first-order chi connectivity index (χ1) is 10.5. The molecular weight excluding hydrogens is 290 g/mol. The number of fused-ring (bicyclic) bond motifs is 1. The molecule has 0 unspecified atom stereocenters. The number of benzene rings is 2. The summed E-state index contributed by atoms with van der Waals surface area (Å²) in [6, 6.07) is 16.6. The van der Waals surface area contributed by atoms with Gasteiger partial charge in [-0.1, -0.05) is 68.9 Å². The van der Waals surface area contributed by atoms with E-state index in [1.54, 1.807) is 11.8 Å². The van der Waals surface area contributed by atoms with Crippen LogP contribution in [0.2, 0.25) is 0 Å². The lowest BCUT2D eigenvalue weighted by Gasteiger charge is -2.18. The molecule has 0 aliphatic heterocycles. The standard InChI is InChI=1S/C19H19NOS/c1-19(2,3)13-8-10-14(11-9-13)22-18-16-7-5-4-6-15(16)17(12-21)20-18/h4-12,20H,1-3H3. The van der Waals surface area contributed by atoms with E-state index in [9.17, 15) is 4.79 Å². The monoisotopic (exact) mass is 309 g/mol. The molecule has 0 bridgehead atoms. The van der Waals surface area contributed by atoms with E-state index in [1.807, 2.05) is 24.3 Å². The molecule has 1 aromatic heterocycles. The molecule has 0 aliphatic rings. The van der Waals surface area contributed by atoms with Crippen molar-refractivity contribution in [3.63, 3.8) is 0 Å². The van der Waals surface area contributed by atoms with E-state index < -0.39 is 0 Å². The van der Waals surface area contributed by atoms with E-state index in [0.29, 0.717) is 5.69 Å². The minimum absolute atomic E-state index is 0.160. The zero-order valence-electron chi connectivity index (χ0n) is 13.0. The Kier molecular flexibility index (Phi) is 3.83. The minimum atomic E-state index is 0.160. The van der Waals surface area contributed by atoms with Gasteiger partial charge in [-0.25, -0.2) is 0 Å². The van der Waals surface area contributed by atoms with Gasteiger partial charge in [-0.3, -0.25) is 4.79 Å². The van der Waals surface area contributed by atoms with Gasteiger partial charge in [-0.05, 0) is 23.1 Å². The van der Waals surface area contributed by atoms with Crippen molar-refractivity contribution in [3.8, 4) is 0 Å². The number of hydrogen-bond donors (Lipinski definition) is 1. The topological polar surface area (TPSA) is 32.9 Å². The van der Waals surface area contributed by atoms with Gasteiger partial charge in [0, 0.05) is 15.7 Å². The van der Waals surface area contributed by atoms with Gasteiger partial charge in [0.2, 0.25) is 0 Å². The Labute approximate surface area is 134 Å². The van der Waals surface area contributed by atoms with Crippen molar-refractivity contribution in [3.05, 3.63) is 59.8 Å². The van der Waals surface area contributed by atoms with E-state index in [0.717, 1.165) is 27.0 Å². The third-order valence-corrected chi connectivity index (χ3v) is 4.80. The van der Waals surface area contributed by atoms with Crippen molar-refractivity contribution in [1.82, 2.24) is 4.98 Å². The number of carbonyl (C=O) groups excluding carboxylic acids is 1. The molecule has 3 aromatic rings. The highest BCUT2D eigenvalue weighted by molar-refractivity contribution is 7.99. The number of aromatic nitrogens is 1. The molecule has 0 saturated carbocycles. The van der Waals surface area contributed by atoms with Crippen LogP contribution in [0.1, 0.15) is 36.8 Å². The highest BCUT2D eigenvalue weighted by atomic mass is 32.2. The predicted octanol–water partition coefficient (Wildman–Crippen LogP) is 5.43. The molecule has 0 amide bonds. The molecular formula is C19H19NOS. The summed E-state index contributed by atoms with van der Waals surface area (Å²) >= 11 is 1.66. The Morgan fingerprint density at radius 3 is 2.18 bits per heavy atom. The maximum atomic E-state index is 11.2. The summed E-state index contributed by atoms with van der Waals surface area (Å²) in [5.41, 5.74) is 2.12. The van der Waals surface area contributed by atoms with Crippen molar-refractivity contribution in [1.29, 1.82) is 0 Å². The molecule has 0 fully saturated rings. The molecule has 2 nitrogen and oxygen atoms in total. The quantitative estimate of drug-likeness (QED) is 0.654. The number of H-pyrrole nitrogens is 1. The van der Waals surface area contributed by atoms with Crippen LogP contribution in [0.15, 0.2) is 58.5 Å². The molecule has 2 aromatic carbocycles. The van der Waals surface area contributed by atoms with Gasteiger partial charge >= 0.3 is 0 Å². The van der Waals surface area contributed by atoms with Crippen molar-refractivity contribution in [2.75, 3.05) is 0 Å². The van der Waals surface area contributed by atoms with Crippen LogP contribution in [0.3, 0.4) is 0 Å². The fourth-order valence-electron chi connectivity index (χ4n) is 2.49. The van der Waals surface area contributed by atoms with Crippen molar-refractivity contribution < 1.29 is 4.79 Å². The Morgan fingerprint density at radius 2 is 1.59 bits per heavy atom. The van der Waals surface area contributed by atoms with Gasteiger partial charge in [0.15, 0.2) is 6.29 Å². The molecule has 0 radical (unpaired) electrons. The van der Waals surface area contributed by atoms with Crippen LogP contribution in [-0.2, 0) is 5.41 Å². The largest absolute Gasteiger partial charge is 0.346 e. The average Bonchev–Trinajstić information content (AvgIpc) is 2.85. The Morgan fingerprint density at radius 1 is 0.955 bits per heavy atom. The van der Waals surface area contributed by atoms with Crippen LogP contribution in [0.25, 0.3) is 10.8 Å². The summed E-state index contributed by atoms with van der Waals surface area (Å²) in [7, 11) is 0. The molecule has 0 atom stereocenters. The normalized spacial score (nSPS) is 11.8. The van der Waals surface area contributed by atoms with E-state index in [2.05, 4.69) is 50.0 Å². The van der Waals surface area contributed by atoms with E-state index >= 15 is 0 Å². The molecule has 0 saturated heterocycles. The van der Waals surface area contributed by atoms with Crippen molar-refractivity contribution in [2.24, 2.45) is 0 Å². The van der Waals surface area contributed by atoms with Crippen LogP contribution in [-0.4, -0.2) is 11.3 Å². The second-order valence-electron chi connectivity index (χ2n) is 6.41. The molecule has 3 rings (SSSR count). The van der Waals surface area contributed by atoms with Crippen LogP contribution in [0, 0.1) is 0 Å². The fraction of sp³-hybridized carbons (Fsp3) is 0.211. The van der Waals surface area contributed by atoms with E-state index in [-0.39, 0.29) is 5.41 Å². The highest BCUT2D eigenvalue weighted by Crippen LogP contribution is 2.35. The van der Waals surface area contributed by atoms with E-state index in [1.165, 1.54) is 5.56 Å². The maximum Gasteiger partial charge on any atom is 0.166 e. The number of carbonyl (C=O) groups is 1. The van der Waals surface area contributed by atoms with Crippen molar-refractivity contribution in [2.45, 2.75) is 36.1 Å². The first kappa shape index (κ1) is 14.9. The summed E-state index contributed by atoms with van der Waals surface area (Å²) in [6.45, 7) is 6.64. The van der Waals surface area contributed by atoms with Gasteiger partial charge < -0.3 is 4.98 Å². The maximum absolute atomic E-state index is 11.2. The van der Waals surface area contributed by atoms with Crippen LogP contribution in [0.4, 0.5) is 0 Å². The lowest BCUT2D eigenvalue weighted by atomic mass is 9.87. The van der Waals surface area contributed by atoms with E-state index in [4.69, 9.17) is 0 Å². The zero-order chi connectivity index (χ0) is 15.7. The lowest BCUT2D eigenvalue weighted by molar-refractivity contribution is 0.112. The molecule has 1 N–H and O–H groups in total. The number of hydrogen-bond acceptors (Lipinski definition) is 2. The molecule has 0 spiro atoms.